The fourth-order valence-corrected chi connectivity index (χ4v) is 3.25. The second kappa shape index (κ2) is 7.81. The van der Waals surface area contributed by atoms with E-state index in [0.29, 0.717) is 17.7 Å². The van der Waals surface area contributed by atoms with Crippen LogP contribution in [0.4, 0.5) is 5.69 Å². The highest BCUT2D eigenvalue weighted by molar-refractivity contribution is 5.99. The van der Waals surface area contributed by atoms with Crippen LogP contribution >= 0.6 is 0 Å². The lowest BCUT2D eigenvalue weighted by atomic mass is 10.0. The van der Waals surface area contributed by atoms with Crippen LogP contribution in [0.2, 0.25) is 0 Å². The number of hydrogen-bond donors (Lipinski definition) is 1. The number of hydrogen-bond acceptors (Lipinski definition) is 4. The van der Waals surface area contributed by atoms with Crippen molar-refractivity contribution < 1.29 is 14.7 Å². The minimum absolute atomic E-state index is 0.114. The van der Waals surface area contributed by atoms with E-state index in [-0.39, 0.29) is 25.0 Å². The summed E-state index contributed by atoms with van der Waals surface area (Å²) in [6.07, 6.45) is 0.561. The highest BCUT2D eigenvalue weighted by atomic mass is 16.3. The Hall–Kier alpha value is -3.17. The Kier molecular flexibility index (Phi) is 5.30. The molecule has 0 bridgehead atoms. The summed E-state index contributed by atoms with van der Waals surface area (Å²) in [6.45, 7) is -0.470. The molecule has 0 spiro atoms. The van der Waals surface area contributed by atoms with Crippen LogP contribution in [0.3, 0.4) is 0 Å². The Morgan fingerprint density at radius 2 is 1.85 bits per heavy atom. The molecule has 3 rings (SSSR count). The van der Waals surface area contributed by atoms with Gasteiger partial charge < -0.3 is 14.9 Å². The maximum Gasteiger partial charge on any atom is 0.249 e. The number of anilines is 1. The van der Waals surface area contributed by atoms with Crippen LogP contribution in [0, 0.1) is 11.3 Å². The summed E-state index contributed by atoms with van der Waals surface area (Å²) >= 11 is 0. The van der Waals surface area contributed by atoms with Crippen LogP contribution in [0.1, 0.15) is 11.1 Å². The summed E-state index contributed by atoms with van der Waals surface area (Å²) in [5.41, 5.74) is 2.01. The van der Waals surface area contributed by atoms with Gasteiger partial charge in [-0.15, -0.1) is 0 Å². The van der Waals surface area contributed by atoms with Gasteiger partial charge in [-0.05, 0) is 24.1 Å². The fraction of sp³-hybridized carbons (Fsp3) is 0.250. The molecular weight excluding hydrogens is 330 g/mol. The average molecular weight is 349 g/mol. The zero-order chi connectivity index (χ0) is 18.5. The molecule has 1 fully saturated rings. The third-order valence-electron chi connectivity index (χ3n) is 4.53. The van der Waals surface area contributed by atoms with Crippen LogP contribution in [0.25, 0.3) is 0 Å². The predicted octanol–water partition coefficient (Wildman–Crippen LogP) is 1.34. The standard InChI is InChI=1S/C20H19N3O3/c21-11-16-8-4-5-9-18(16)23-12-17(10-15-6-2-1-3-7-15)22(13-19(23)25)20(26)14-24/h1-9,17,24H,10,12-14H2/t17-/m1/s1. The second-order valence-electron chi connectivity index (χ2n) is 6.16. The van der Waals surface area contributed by atoms with Gasteiger partial charge in [0.25, 0.3) is 0 Å². The molecule has 0 saturated carbocycles. The van der Waals surface area contributed by atoms with E-state index in [0.717, 1.165) is 5.56 Å². The van der Waals surface area contributed by atoms with E-state index in [1.54, 1.807) is 29.2 Å². The molecule has 0 unspecified atom stereocenters. The molecule has 2 aromatic carbocycles. The summed E-state index contributed by atoms with van der Waals surface area (Å²) in [5.74, 6) is -0.730. The van der Waals surface area contributed by atoms with Crippen LogP contribution in [0.5, 0.6) is 0 Å². The number of aliphatic hydroxyl groups excluding tert-OH is 1. The van der Waals surface area contributed by atoms with Crippen molar-refractivity contribution in [2.24, 2.45) is 0 Å². The van der Waals surface area contributed by atoms with Crippen LogP contribution in [-0.2, 0) is 16.0 Å². The summed E-state index contributed by atoms with van der Waals surface area (Å²) in [4.78, 5) is 27.8. The van der Waals surface area contributed by atoms with Crippen molar-refractivity contribution in [3.63, 3.8) is 0 Å². The van der Waals surface area contributed by atoms with Gasteiger partial charge in [0, 0.05) is 6.54 Å². The molecule has 0 aromatic heterocycles. The van der Waals surface area contributed by atoms with E-state index < -0.39 is 12.5 Å². The van der Waals surface area contributed by atoms with E-state index in [1.807, 2.05) is 30.3 Å². The Morgan fingerprint density at radius 1 is 1.15 bits per heavy atom. The molecule has 132 valence electrons. The molecule has 2 aromatic rings. The van der Waals surface area contributed by atoms with E-state index in [9.17, 15) is 20.0 Å². The number of benzene rings is 2. The van der Waals surface area contributed by atoms with Crippen molar-refractivity contribution in [1.82, 2.24) is 4.90 Å². The van der Waals surface area contributed by atoms with Gasteiger partial charge >= 0.3 is 0 Å². The second-order valence-corrected chi connectivity index (χ2v) is 6.16. The predicted molar refractivity (Wildman–Crippen MR) is 96.2 cm³/mol. The van der Waals surface area contributed by atoms with Crippen molar-refractivity contribution in [2.45, 2.75) is 12.5 Å². The quantitative estimate of drug-likeness (QED) is 0.903. The number of nitrogens with zero attached hydrogens (tertiary/aromatic N) is 3. The van der Waals surface area contributed by atoms with Gasteiger partial charge in [0.05, 0.1) is 17.3 Å². The van der Waals surface area contributed by atoms with Crippen LogP contribution in [0.15, 0.2) is 54.6 Å². The number of aliphatic hydroxyl groups is 1. The molecule has 1 aliphatic rings. The van der Waals surface area contributed by atoms with E-state index in [4.69, 9.17) is 0 Å². The molecule has 26 heavy (non-hydrogen) atoms. The minimum atomic E-state index is -0.632. The largest absolute Gasteiger partial charge is 0.387 e. The Labute approximate surface area is 151 Å². The lowest BCUT2D eigenvalue weighted by molar-refractivity contribution is -0.142. The van der Waals surface area contributed by atoms with Gasteiger partial charge in [0.2, 0.25) is 11.8 Å². The highest BCUT2D eigenvalue weighted by Gasteiger charge is 2.36. The maximum atomic E-state index is 12.6. The highest BCUT2D eigenvalue weighted by Crippen LogP contribution is 2.25. The number of para-hydroxylation sites is 1. The van der Waals surface area contributed by atoms with Gasteiger partial charge in [-0.3, -0.25) is 9.59 Å². The Morgan fingerprint density at radius 3 is 2.54 bits per heavy atom. The van der Waals surface area contributed by atoms with Crippen molar-refractivity contribution in [3.8, 4) is 6.07 Å². The molecule has 2 amide bonds. The van der Waals surface area contributed by atoms with E-state index >= 15 is 0 Å². The SMILES string of the molecule is N#Cc1ccccc1N1C[C@@H](Cc2ccccc2)N(C(=O)CO)CC1=O. The Bertz CT molecular complexity index is 845. The summed E-state index contributed by atoms with van der Waals surface area (Å²) in [5, 5.41) is 18.6. The Balaban J connectivity index is 1.92. The third-order valence-corrected chi connectivity index (χ3v) is 4.53. The van der Waals surface area contributed by atoms with E-state index in [1.165, 1.54) is 4.90 Å². The topological polar surface area (TPSA) is 84.6 Å². The van der Waals surface area contributed by atoms with Crippen molar-refractivity contribution in [1.29, 1.82) is 5.26 Å². The van der Waals surface area contributed by atoms with Gasteiger partial charge in [-0.1, -0.05) is 42.5 Å². The van der Waals surface area contributed by atoms with Gasteiger partial charge in [0.15, 0.2) is 0 Å². The minimum Gasteiger partial charge on any atom is -0.387 e. The first kappa shape index (κ1) is 17.6. The molecule has 6 nitrogen and oxygen atoms in total. The lowest BCUT2D eigenvalue weighted by Crippen LogP contribution is -2.59. The first-order valence-corrected chi connectivity index (χ1v) is 8.37. The number of nitriles is 1. The first-order chi connectivity index (χ1) is 12.6. The molecule has 0 radical (unpaired) electrons. The number of carbonyl (C=O) groups excluding carboxylic acids is 2. The average Bonchev–Trinajstić information content (AvgIpc) is 2.69. The first-order valence-electron chi connectivity index (χ1n) is 8.37. The maximum absolute atomic E-state index is 12.6. The zero-order valence-corrected chi connectivity index (χ0v) is 14.2. The van der Waals surface area contributed by atoms with Gasteiger partial charge in [-0.25, -0.2) is 0 Å². The van der Waals surface area contributed by atoms with Gasteiger partial charge in [0.1, 0.15) is 19.2 Å². The summed E-state index contributed by atoms with van der Waals surface area (Å²) in [7, 11) is 0. The number of carbonyl (C=O) groups is 2. The molecule has 1 N–H and O–H groups in total. The van der Waals surface area contributed by atoms with Crippen molar-refractivity contribution in [2.75, 3.05) is 24.6 Å². The van der Waals surface area contributed by atoms with Crippen LogP contribution in [-0.4, -0.2) is 47.6 Å². The molecule has 6 heteroatoms. The number of piperazine rings is 1. The smallest absolute Gasteiger partial charge is 0.249 e. The van der Waals surface area contributed by atoms with E-state index in [2.05, 4.69) is 6.07 Å². The van der Waals surface area contributed by atoms with Gasteiger partial charge in [-0.2, -0.15) is 5.26 Å². The molecule has 1 atom stereocenters. The van der Waals surface area contributed by atoms with Crippen molar-refractivity contribution >= 4 is 17.5 Å². The third kappa shape index (κ3) is 3.58. The zero-order valence-electron chi connectivity index (χ0n) is 14.2. The fourth-order valence-electron chi connectivity index (χ4n) is 3.25. The van der Waals surface area contributed by atoms with Crippen molar-refractivity contribution in [3.05, 3.63) is 65.7 Å². The molecular formula is C20H19N3O3. The summed E-state index contributed by atoms with van der Waals surface area (Å²) in [6, 6.07) is 18.4. The monoisotopic (exact) mass is 349 g/mol. The summed E-state index contributed by atoms with van der Waals surface area (Å²) < 4.78 is 0. The lowest BCUT2D eigenvalue weighted by Gasteiger charge is -2.41. The molecule has 1 aliphatic heterocycles. The number of rotatable bonds is 4. The molecule has 1 heterocycles. The molecule has 0 aliphatic carbocycles. The normalized spacial score (nSPS) is 17.1. The van der Waals surface area contributed by atoms with Crippen LogP contribution < -0.4 is 4.90 Å². The molecule has 1 saturated heterocycles. The number of amides is 2.